The Balaban J connectivity index is 1.76. The van der Waals surface area contributed by atoms with Crippen LogP contribution in [0.1, 0.15) is 46.5 Å². The molecular formula is C22H30ClN3OS. The number of nitrogens with zero attached hydrogens (tertiary/aromatic N) is 3. The minimum absolute atomic E-state index is 0.240. The highest BCUT2D eigenvalue weighted by molar-refractivity contribution is 7.99. The Labute approximate surface area is 177 Å². The average molecular weight is 420 g/mol. The van der Waals surface area contributed by atoms with E-state index in [2.05, 4.69) is 35.2 Å². The predicted molar refractivity (Wildman–Crippen MR) is 118 cm³/mol. The van der Waals surface area contributed by atoms with Gasteiger partial charge >= 0.3 is 0 Å². The molecule has 0 saturated carbocycles. The van der Waals surface area contributed by atoms with Crippen LogP contribution in [-0.4, -0.2) is 38.7 Å². The summed E-state index contributed by atoms with van der Waals surface area (Å²) in [6.45, 7) is 8.34. The monoisotopic (exact) mass is 419 g/mol. The third kappa shape index (κ3) is 5.12. The summed E-state index contributed by atoms with van der Waals surface area (Å²) in [6.07, 6.45) is 6.44. The van der Waals surface area contributed by atoms with Crippen LogP contribution in [0.4, 0.5) is 0 Å². The number of amides is 1. The van der Waals surface area contributed by atoms with Crippen molar-refractivity contribution >= 4 is 29.3 Å². The Hall–Kier alpha value is -1.46. The molecule has 6 heteroatoms. The second-order valence-electron chi connectivity index (χ2n) is 7.87. The molecule has 28 heavy (non-hydrogen) atoms. The maximum Gasteiger partial charge on any atom is 0.233 e. The van der Waals surface area contributed by atoms with E-state index in [-0.39, 0.29) is 5.91 Å². The molecule has 2 aromatic rings. The van der Waals surface area contributed by atoms with Gasteiger partial charge in [0.15, 0.2) is 5.16 Å². The Bertz CT molecular complexity index is 788. The summed E-state index contributed by atoms with van der Waals surface area (Å²) in [6, 6.07) is 8.26. The van der Waals surface area contributed by atoms with Crippen LogP contribution in [0.25, 0.3) is 11.3 Å². The van der Waals surface area contributed by atoms with E-state index in [0.717, 1.165) is 53.8 Å². The lowest BCUT2D eigenvalue weighted by molar-refractivity contribution is -0.132. The molecule has 2 heterocycles. The summed E-state index contributed by atoms with van der Waals surface area (Å²) in [5.41, 5.74) is 2.17. The second kappa shape index (κ2) is 9.84. The average Bonchev–Trinajstić information content (AvgIpc) is 3.08. The lowest BCUT2D eigenvalue weighted by atomic mass is 10.0. The Kier molecular flexibility index (Phi) is 7.47. The number of carbonyl (C=O) groups is 1. The normalized spacial score (nSPS) is 17.3. The van der Waals surface area contributed by atoms with Gasteiger partial charge in [0.1, 0.15) is 0 Å². The number of thioether (sulfide) groups is 1. The van der Waals surface area contributed by atoms with E-state index in [0.29, 0.717) is 17.7 Å². The molecule has 1 atom stereocenters. The molecule has 1 aliphatic rings. The Morgan fingerprint density at radius 1 is 1.29 bits per heavy atom. The molecule has 0 N–H and O–H groups in total. The van der Waals surface area contributed by atoms with Gasteiger partial charge < -0.3 is 9.47 Å². The van der Waals surface area contributed by atoms with Gasteiger partial charge in [-0.15, -0.1) is 0 Å². The van der Waals surface area contributed by atoms with E-state index in [9.17, 15) is 4.79 Å². The first kappa shape index (κ1) is 21.3. The van der Waals surface area contributed by atoms with Crippen molar-refractivity contribution < 1.29 is 4.79 Å². The molecule has 1 aromatic heterocycles. The van der Waals surface area contributed by atoms with Crippen LogP contribution in [0.3, 0.4) is 0 Å². The first-order valence-electron chi connectivity index (χ1n) is 10.2. The number of likely N-dealkylation sites (tertiary alicyclic amines) is 1. The molecule has 0 spiro atoms. The Morgan fingerprint density at radius 3 is 2.71 bits per heavy atom. The highest BCUT2D eigenvalue weighted by atomic mass is 35.5. The van der Waals surface area contributed by atoms with Gasteiger partial charge in [0.05, 0.1) is 17.6 Å². The van der Waals surface area contributed by atoms with Crippen molar-refractivity contribution in [1.29, 1.82) is 0 Å². The zero-order chi connectivity index (χ0) is 20.1. The van der Waals surface area contributed by atoms with Crippen molar-refractivity contribution in [2.75, 3.05) is 12.3 Å². The number of halogens is 1. The predicted octanol–water partition coefficient (Wildman–Crippen LogP) is 5.74. The standard InChI is InChI=1S/C22H30ClN3OS/c1-4-19-7-5-6-12-25(19)21(27)15-28-22-24-13-20(26(22)14-16(2)3)17-8-10-18(23)11-9-17/h8-11,13,16,19H,4-7,12,14-15H2,1-3H3/t19-/m1/s1. The van der Waals surface area contributed by atoms with Crippen LogP contribution in [0.2, 0.25) is 5.02 Å². The van der Waals surface area contributed by atoms with Gasteiger partial charge in [-0.05, 0) is 49.3 Å². The van der Waals surface area contributed by atoms with Gasteiger partial charge in [0, 0.05) is 24.2 Å². The maximum absolute atomic E-state index is 12.8. The number of hydrogen-bond donors (Lipinski definition) is 0. The van der Waals surface area contributed by atoms with Crippen LogP contribution in [-0.2, 0) is 11.3 Å². The maximum atomic E-state index is 12.8. The minimum Gasteiger partial charge on any atom is -0.339 e. The van der Waals surface area contributed by atoms with Gasteiger partial charge in [-0.2, -0.15) is 0 Å². The molecule has 3 rings (SSSR count). The molecular weight excluding hydrogens is 390 g/mol. The molecule has 0 aliphatic carbocycles. The topological polar surface area (TPSA) is 38.1 Å². The summed E-state index contributed by atoms with van der Waals surface area (Å²) in [5.74, 6) is 1.18. The molecule has 1 saturated heterocycles. The largest absolute Gasteiger partial charge is 0.339 e. The highest BCUT2D eigenvalue weighted by Crippen LogP contribution is 2.29. The zero-order valence-electron chi connectivity index (χ0n) is 17.0. The number of piperidine rings is 1. The van der Waals surface area contributed by atoms with Crippen molar-refractivity contribution in [3.05, 3.63) is 35.5 Å². The lowest BCUT2D eigenvalue weighted by Gasteiger charge is -2.35. The summed E-state index contributed by atoms with van der Waals surface area (Å²) < 4.78 is 2.24. The van der Waals surface area contributed by atoms with E-state index in [1.165, 1.54) is 6.42 Å². The van der Waals surface area contributed by atoms with Crippen molar-refractivity contribution in [3.63, 3.8) is 0 Å². The van der Waals surface area contributed by atoms with E-state index >= 15 is 0 Å². The first-order chi connectivity index (χ1) is 13.5. The third-order valence-corrected chi connectivity index (χ3v) is 6.48. The number of rotatable bonds is 7. The summed E-state index contributed by atoms with van der Waals surface area (Å²) in [4.78, 5) is 19.6. The van der Waals surface area contributed by atoms with Crippen LogP contribution in [0, 0.1) is 5.92 Å². The van der Waals surface area contributed by atoms with Gasteiger partial charge in [-0.25, -0.2) is 4.98 Å². The van der Waals surface area contributed by atoms with Crippen LogP contribution >= 0.6 is 23.4 Å². The second-order valence-corrected chi connectivity index (χ2v) is 9.25. The lowest BCUT2D eigenvalue weighted by Crippen LogP contribution is -2.44. The molecule has 0 unspecified atom stereocenters. The number of hydrogen-bond acceptors (Lipinski definition) is 3. The summed E-state index contributed by atoms with van der Waals surface area (Å²) >= 11 is 7.60. The number of benzene rings is 1. The fourth-order valence-corrected chi connectivity index (χ4v) is 4.83. The van der Waals surface area contributed by atoms with Crippen LogP contribution < -0.4 is 0 Å². The van der Waals surface area contributed by atoms with E-state index < -0.39 is 0 Å². The molecule has 0 radical (unpaired) electrons. The SMILES string of the molecule is CC[C@@H]1CCCCN1C(=O)CSc1ncc(-c2ccc(Cl)cc2)n1CC(C)C. The minimum atomic E-state index is 0.240. The van der Waals surface area contributed by atoms with Crippen LogP contribution in [0.15, 0.2) is 35.6 Å². The number of aromatic nitrogens is 2. The van der Waals surface area contributed by atoms with Crippen molar-refractivity contribution in [2.45, 2.75) is 64.2 Å². The van der Waals surface area contributed by atoms with E-state index in [4.69, 9.17) is 11.6 Å². The molecule has 1 amide bonds. The van der Waals surface area contributed by atoms with Gasteiger partial charge in [-0.1, -0.05) is 56.3 Å². The summed E-state index contributed by atoms with van der Waals surface area (Å²) in [5, 5.41) is 1.64. The van der Waals surface area contributed by atoms with Gasteiger partial charge in [0.25, 0.3) is 0 Å². The third-order valence-electron chi connectivity index (χ3n) is 5.25. The highest BCUT2D eigenvalue weighted by Gasteiger charge is 2.25. The zero-order valence-corrected chi connectivity index (χ0v) is 18.6. The smallest absolute Gasteiger partial charge is 0.233 e. The molecule has 4 nitrogen and oxygen atoms in total. The van der Waals surface area contributed by atoms with E-state index in [1.807, 2.05) is 30.5 Å². The first-order valence-corrected chi connectivity index (χ1v) is 11.6. The number of carbonyl (C=O) groups excluding carboxylic acids is 1. The molecule has 1 fully saturated rings. The number of imidazole rings is 1. The van der Waals surface area contributed by atoms with Gasteiger partial charge in [0.2, 0.25) is 5.91 Å². The molecule has 152 valence electrons. The van der Waals surface area contributed by atoms with Crippen molar-refractivity contribution in [1.82, 2.24) is 14.5 Å². The van der Waals surface area contributed by atoms with Crippen LogP contribution in [0.5, 0.6) is 0 Å². The molecule has 1 aliphatic heterocycles. The fraction of sp³-hybridized carbons (Fsp3) is 0.545. The Morgan fingerprint density at radius 2 is 2.04 bits per heavy atom. The molecule has 1 aromatic carbocycles. The quantitative estimate of drug-likeness (QED) is 0.537. The van der Waals surface area contributed by atoms with E-state index in [1.54, 1.807) is 11.8 Å². The van der Waals surface area contributed by atoms with Gasteiger partial charge in [-0.3, -0.25) is 4.79 Å². The summed E-state index contributed by atoms with van der Waals surface area (Å²) in [7, 11) is 0. The van der Waals surface area contributed by atoms with Crippen molar-refractivity contribution in [3.8, 4) is 11.3 Å². The molecule has 0 bridgehead atoms. The fourth-order valence-electron chi connectivity index (χ4n) is 3.83. The van der Waals surface area contributed by atoms with Crippen molar-refractivity contribution in [2.24, 2.45) is 5.92 Å².